The van der Waals surface area contributed by atoms with Crippen molar-refractivity contribution >= 4 is 21.6 Å². The highest BCUT2D eigenvalue weighted by Gasteiger charge is 2.39. The molecule has 0 bridgehead atoms. The van der Waals surface area contributed by atoms with Gasteiger partial charge >= 0.3 is 0 Å². The number of nitrogens with zero attached hydrogens (tertiary/aromatic N) is 2. The Bertz CT molecular complexity index is 595. The Hall–Kier alpha value is -1.96. The number of carbonyl (C=O) groups is 1. The van der Waals surface area contributed by atoms with Gasteiger partial charge in [0.15, 0.2) is 4.90 Å². The van der Waals surface area contributed by atoms with Gasteiger partial charge < -0.3 is 0 Å². The van der Waals surface area contributed by atoms with Crippen LogP contribution < -0.4 is 0 Å². The van der Waals surface area contributed by atoms with E-state index in [0.717, 1.165) is 12.1 Å². The number of rotatable bonds is 3. The monoisotopic (exact) mass is 256 g/mol. The Morgan fingerprint density at radius 3 is 2.41 bits per heavy atom. The van der Waals surface area contributed by atoms with Gasteiger partial charge in [-0.3, -0.25) is 14.9 Å². The van der Waals surface area contributed by atoms with Crippen LogP contribution in [0.25, 0.3) is 0 Å². The summed E-state index contributed by atoms with van der Waals surface area (Å²) < 4.78 is 24.5. The quantitative estimate of drug-likeness (QED) is 0.446. The summed E-state index contributed by atoms with van der Waals surface area (Å²) in [5.74, 6) is -0.539. The van der Waals surface area contributed by atoms with Gasteiger partial charge in [0.25, 0.3) is 15.7 Å². The predicted molar refractivity (Wildman–Crippen MR) is 56.6 cm³/mol. The summed E-state index contributed by atoms with van der Waals surface area (Å²) >= 11 is 0. The smallest absolute Gasteiger partial charge is 0.274 e. The molecule has 0 atom stereocenters. The van der Waals surface area contributed by atoms with Crippen molar-refractivity contribution in [3.63, 3.8) is 0 Å². The van der Waals surface area contributed by atoms with E-state index in [4.69, 9.17) is 0 Å². The molecule has 1 aliphatic heterocycles. The van der Waals surface area contributed by atoms with Crippen LogP contribution in [-0.2, 0) is 14.8 Å². The van der Waals surface area contributed by atoms with Crippen LogP contribution in [0.5, 0.6) is 0 Å². The molecule has 8 heteroatoms. The maximum atomic E-state index is 12.0. The summed E-state index contributed by atoms with van der Waals surface area (Å²) in [5, 5.41) is 10.7. The summed E-state index contributed by atoms with van der Waals surface area (Å²) in [5.41, 5.74) is -0.521. The molecule has 0 aromatic heterocycles. The van der Waals surface area contributed by atoms with Crippen LogP contribution in [0.2, 0.25) is 0 Å². The van der Waals surface area contributed by atoms with Gasteiger partial charge in [-0.25, -0.2) is 12.7 Å². The molecule has 2 rings (SSSR count). The second-order valence-electron chi connectivity index (χ2n) is 3.45. The van der Waals surface area contributed by atoms with E-state index in [1.807, 2.05) is 0 Å². The molecule has 1 fully saturated rings. The largest absolute Gasteiger partial charge is 0.289 e. The number of carbonyl (C=O) groups excluding carboxylic acids is 1. The van der Waals surface area contributed by atoms with Crippen LogP contribution in [-0.4, -0.2) is 30.1 Å². The molecule has 1 aromatic carbocycles. The molecule has 1 aliphatic rings. The zero-order chi connectivity index (χ0) is 12.6. The molecule has 1 heterocycles. The van der Waals surface area contributed by atoms with Crippen LogP contribution in [0.1, 0.15) is 6.42 Å². The highest BCUT2D eigenvalue weighted by Crippen LogP contribution is 2.29. The van der Waals surface area contributed by atoms with Gasteiger partial charge in [0.1, 0.15) is 0 Å². The highest BCUT2D eigenvalue weighted by atomic mass is 32.2. The first-order chi connectivity index (χ1) is 7.94. The number of benzene rings is 1. The van der Waals surface area contributed by atoms with Gasteiger partial charge in [0, 0.05) is 19.0 Å². The van der Waals surface area contributed by atoms with Crippen molar-refractivity contribution < 1.29 is 18.1 Å². The second kappa shape index (κ2) is 3.81. The number of nitro benzene ring substituents is 1. The topological polar surface area (TPSA) is 97.6 Å². The maximum Gasteiger partial charge on any atom is 0.289 e. The van der Waals surface area contributed by atoms with E-state index < -0.39 is 31.4 Å². The lowest BCUT2D eigenvalue weighted by Gasteiger charge is -2.29. The van der Waals surface area contributed by atoms with E-state index in [1.165, 1.54) is 12.1 Å². The third-order valence-corrected chi connectivity index (χ3v) is 4.30. The molecule has 1 saturated heterocycles. The van der Waals surface area contributed by atoms with Gasteiger partial charge in [-0.05, 0) is 6.07 Å². The lowest BCUT2D eigenvalue weighted by atomic mass is 10.3. The molecule has 0 N–H and O–H groups in total. The fourth-order valence-electron chi connectivity index (χ4n) is 1.49. The molecular formula is C9H8N2O5S. The third kappa shape index (κ3) is 1.76. The summed E-state index contributed by atoms with van der Waals surface area (Å²) in [6.07, 6.45) is 0.153. The lowest BCUT2D eigenvalue weighted by molar-refractivity contribution is -0.387. The molecule has 0 spiro atoms. The number of para-hydroxylation sites is 1. The number of β-lactam (4-membered cyclic amide) rings is 1. The zero-order valence-corrected chi connectivity index (χ0v) is 9.38. The van der Waals surface area contributed by atoms with Crippen molar-refractivity contribution in [1.82, 2.24) is 4.31 Å². The number of amides is 1. The van der Waals surface area contributed by atoms with Gasteiger partial charge in [-0.2, -0.15) is 0 Å². The van der Waals surface area contributed by atoms with Gasteiger partial charge in [0.2, 0.25) is 5.91 Å². The summed E-state index contributed by atoms with van der Waals surface area (Å²) in [6.45, 7) is 0.0766. The number of sulfonamides is 1. The molecule has 0 saturated carbocycles. The van der Waals surface area contributed by atoms with Crippen LogP contribution in [0.4, 0.5) is 5.69 Å². The van der Waals surface area contributed by atoms with Crippen molar-refractivity contribution in [2.75, 3.05) is 6.54 Å². The van der Waals surface area contributed by atoms with Crippen LogP contribution in [0.15, 0.2) is 29.2 Å². The van der Waals surface area contributed by atoms with Crippen molar-refractivity contribution in [3.8, 4) is 0 Å². The fourth-order valence-corrected chi connectivity index (χ4v) is 3.08. The van der Waals surface area contributed by atoms with Crippen molar-refractivity contribution in [3.05, 3.63) is 34.4 Å². The molecule has 17 heavy (non-hydrogen) atoms. The summed E-state index contributed by atoms with van der Waals surface area (Å²) in [6, 6.07) is 4.97. The van der Waals surface area contributed by atoms with Gasteiger partial charge in [0.05, 0.1) is 4.92 Å². The van der Waals surface area contributed by atoms with Crippen LogP contribution >= 0.6 is 0 Å². The summed E-state index contributed by atoms with van der Waals surface area (Å²) in [4.78, 5) is 20.6. The predicted octanol–water partition coefficient (Wildman–Crippen LogP) is 0.516. The first-order valence-electron chi connectivity index (χ1n) is 4.73. The van der Waals surface area contributed by atoms with Gasteiger partial charge in [-0.15, -0.1) is 0 Å². The second-order valence-corrected chi connectivity index (χ2v) is 5.28. The van der Waals surface area contributed by atoms with E-state index in [-0.39, 0.29) is 13.0 Å². The summed E-state index contributed by atoms with van der Waals surface area (Å²) in [7, 11) is -4.08. The first kappa shape index (κ1) is 11.5. The highest BCUT2D eigenvalue weighted by molar-refractivity contribution is 7.90. The number of hydrogen-bond acceptors (Lipinski definition) is 5. The Labute approximate surface area is 96.9 Å². The molecule has 1 amide bonds. The SMILES string of the molecule is O=C1CCN1S(=O)(=O)c1ccccc1[N+](=O)[O-]. The molecule has 7 nitrogen and oxygen atoms in total. The minimum atomic E-state index is -4.08. The molecule has 90 valence electrons. The normalized spacial score (nSPS) is 15.5. The standard InChI is InChI=1S/C9H8N2O5S/c12-9-5-6-10(9)17(15,16)8-4-2-1-3-7(8)11(13)14/h1-4H,5-6H2. The zero-order valence-electron chi connectivity index (χ0n) is 8.57. The fraction of sp³-hybridized carbons (Fsp3) is 0.222. The van der Waals surface area contributed by atoms with Crippen molar-refractivity contribution in [2.45, 2.75) is 11.3 Å². The van der Waals surface area contributed by atoms with E-state index in [9.17, 15) is 23.3 Å². The van der Waals surface area contributed by atoms with Crippen LogP contribution in [0, 0.1) is 10.1 Å². The Kier molecular flexibility index (Phi) is 2.58. The molecular weight excluding hydrogens is 248 g/mol. The Morgan fingerprint density at radius 1 is 1.29 bits per heavy atom. The average molecular weight is 256 g/mol. The number of hydrogen-bond donors (Lipinski definition) is 0. The molecule has 0 radical (unpaired) electrons. The van der Waals surface area contributed by atoms with Crippen LogP contribution in [0.3, 0.4) is 0 Å². The molecule has 0 unspecified atom stereocenters. The van der Waals surface area contributed by atoms with Crippen molar-refractivity contribution in [1.29, 1.82) is 0 Å². The molecule has 1 aromatic rings. The van der Waals surface area contributed by atoms with E-state index in [0.29, 0.717) is 4.31 Å². The van der Waals surface area contributed by atoms with E-state index in [1.54, 1.807) is 0 Å². The minimum absolute atomic E-state index is 0.0766. The Balaban J connectivity index is 2.54. The van der Waals surface area contributed by atoms with E-state index in [2.05, 4.69) is 0 Å². The third-order valence-electron chi connectivity index (χ3n) is 2.44. The van der Waals surface area contributed by atoms with E-state index >= 15 is 0 Å². The maximum absolute atomic E-state index is 12.0. The molecule has 0 aliphatic carbocycles. The lowest BCUT2D eigenvalue weighted by Crippen LogP contribution is -2.47. The average Bonchev–Trinajstić information content (AvgIpc) is 2.26. The number of nitro groups is 1. The van der Waals surface area contributed by atoms with Gasteiger partial charge in [-0.1, -0.05) is 12.1 Å². The Morgan fingerprint density at radius 2 is 1.94 bits per heavy atom. The van der Waals surface area contributed by atoms with Crippen molar-refractivity contribution in [2.24, 2.45) is 0 Å². The minimum Gasteiger partial charge on any atom is -0.274 e. The first-order valence-corrected chi connectivity index (χ1v) is 6.17.